The summed E-state index contributed by atoms with van der Waals surface area (Å²) in [6, 6.07) is 7.12. The largest absolute Gasteiger partial charge is 0.416 e. The van der Waals surface area contributed by atoms with Gasteiger partial charge in [-0.25, -0.2) is 0 Å². The molecule has 0 amide bonds. The quantitative estimate of drug-likeness (QED) is 0.710. The maximum atomic E-state index is 12.5. The van der Waals surface area contributed by atoms with Crippen molar-refractivity contribution in [1.29, 1.82) is 0 Å². The Morgan fingerprint density at radius 2 is 1.40 bits per heavy atom. The standard InChI is InChI=1S/C16H16F3N/c1-15(2,3)14-8-12(9-20-10-14)11-4-6-13(7-5-11)16(17,18)19/h4-10H,1-3H3. The van der Waals surface area contributed by atoms with Crippen LogP contribution in [0.4, 0.5) is 13.2 Å². The van der Waals surface area contributed by atoms with E-state index in [-0.39, 0.29) is 5.41 Å². The van der Waals surface area contributed by atoms with Gasteiger partial charge < -0.3 is 0 Å². The van der Waals surface area contributed by atoms with Gasteiger partial charge in [-0.3, -0.25) is 4.98 Å². The maximum Gasteiger partial charge on any atom is 0.416 e. The maximum absolute atomic E-state index is 12.5. The van der Waals surface area contributed by atoms with Crippen LogP contribution in [0.3, 0.4) is 0 Å². The summed E-state index contributed by atoms with van der Waals surface area (Å²) in [6.45, 7) is 6.21. The Kier molecular flexibility index (Phi) is 3.59. The molecule has 0 unspecified atom stereocenters. The van der Waals surface area contributed by atoms with Gasteiger partial charge in [0.05, 0.1) is 5.56 Å². The summed E-state index contributed by atoms with van der Waals surface area (Å²) in [7, 11) is 0. The zero-order chi connectivity index (χ0) is 15.0. The van der Waals surface area contributed by atoms with E-state index in [0.29, 0.717) is 0 Å². The Hall–Kier alpha value is -1.84. The molecule has 0 N–H and O–H groups in total. The van der Waals surface area contributed by atoms with Gasteiger partial charge in [0, 0.05) is 18.0 Å². The fraction of sp³-hybridized carbons (Fsp3) is 0.312. The molecule has 0 aliphatic rings. The molecular formula is C16H16F3N. The topological polar surface area (TPSA) is 12.9 Å². The molecule has 0 fully saturated rings. The predicted octanol–water partition coefficient (Wildman–Crippen LogP) is 5.06. The van der Waals surface area contributed by atoms with Crippen molar-refractivity contribution in [2.75, 3.05) is 0 Å². The van der Waals surface area contributed by atoms with Crippen molar-refractivity contribution in [2.24, 2.45) is 0 Å². The third kappa shape index (κ3) is 3.18. The monoisotopic (exact) mass is 279 g/mol. The zero-order valence-corrected chi connectivity index (χ0v) is 11.6. The fourth-order valence-corrected chi connectivity index (χ4v) is 1.86. The van der Waals surface area contributed by atoms with Crippen LogP contribution in [0.25, 0.3) is 11.1 Å². The van der Waals surface area contributed by atoms with E-state index in [0.717, 1.165) is 28.8 Å². The summed E-state index contributed by atoms with van der Waals surface area (Å²) < 4.78 is 37.6. The second kappa shape index (κ2) is 4.93. The number of rotatable bonds is 1. The first-order valence-electron chi connectivity index (χ1n) is 6.31. The van der Waals surface area contributed by atoms with Crippen LogP contribution in [0.1, 0.15) is 31.9 Å². The number of alkyl halides is 3. The van der Waals surface area contributed by atoms with Crippen LogP contribution in [-0.4, -0.2) is 4.98 Å². The van der Waals surface area contributed by atoms with Gasteiger partial charge in [0.25, 0.3) is 0 Å². The first-order chi connectivity index (χ1) is 9.18. The van der Waals surface area contributed by atoms with Gasteiger partial charge in [-0.05, 0) is 34.7 Å². The highest BCUT2D eigenvalue weighted by Gasteiger charge is 2.30. The molecule has 20 heavy (non-hydrogen) atoms. The van der Waals surface area contributed by atoms with Crippen molar-refractivity contribution in [2.45, 2.75) is 32.4 Å². The summed E-state index contributed by atoms with van der Waals surface area (Å²) in [6.07, 6.45) is -0.852. The van der Waals surface area contributed by atoms with Crippen molar-refractivity contribution in [3.05, 3.63) is 53.9 Å². The molecule has 1 aromatic carbocycles. The highest BCUT2D eigenvalue weighted by atomic mass is 19.4. The SMILES string of the molecule is CC(C)(C)c1cncc(-c2ccc(C(F)(F)F)cc2)c1. The summed E-state index contributed by atoms with van der Waals surface area (Å²) in [5.74, 6) is 0. The lowest BCUT2D eigenvalue weighted by Gasteiger charge is -2.19. The lowest BCUT2D eigenvalue weighted by atomic mass is 9.87. The molecule has 4 heteroatoms. The lowest BCUT2D eigenvalue weighted by Crippen LogP contribution is -2.11. The van der Waals surface area contributed by atoms with Crippen LogP contribution in [0.5, 0.6) is 0 Å². The molecule has 0 spiro atoms. The number of pyridine rings is 1. The Bertz CT molecular complexity index is 592. The summed E-state index contributed by atoms with van der Waals surface area (Å²) in [5.41, 5.74) is 1.92. The first kappa shape index (κ1) is 14.6. The highest BCUT2D eigenvalue weighted by molar-refractivity contribution is 5.63. The molecule has 0 aliphatic carbocycles. The van der Waals surface area contributed by atoms with Crippen molar-refractivity contribution in [3.8, 4) is 11.1 Å². The predicted molar refractivity (Wildman–Crippen MR) is 73.4 cm³/mol. The Morgan fingerprint density at radius 1 is 0.800 bits per heavy atom. The lowest BCUT2D eigenvalue weighted by molar-refractivity contribution is -0.137. The number of nitrogens with zero attached hydrogens (tertiary/aromatic N) is 1. The van der Waals surface area contributed by atoms with Gasteiger partial charge in [-0.15, -0.1) is 0 Å². The first-order valence-corrected chi connectivity index (χ1v) is 6.31. The van der Waals surface area contributed by atoms with Crippen LogP contribution in [0, 0.1) is 0 Å². The number of benzene rings is 1. The number of hydrogen-bond acceptors (Lipinski definition) is 1. The molecule has 0 radical (unpaired) electrons. The molecule has 0 saturated carbocycles. The van der Waals surface area contributed by atoms with Crippen molar-refractivity contribution in [1.82, 2.24) is 4.98 Å². The van der Waals surface area contributed by atoms with E-state index in [4.69, 9.17) is 0 Å². The smallest absolute Gasteiger partial charge is 0.264 e. The number of hydrogen-bond donors (Lipinski definition) is 0. The van der Waals surface area contributed by atoms with Crippen molar-refractivity contribution < 1.29 is 13.2 Å². The molecule has 0 atom stereocenters. The number of aromatic nitrogens is 1. The van der Waals surface area contributed by atoms with Crippen molar-refractivity contribution >= 4 is 0 Å². The molecule has 1 heterocycles. The Balaban J connectivity index is 2.38. The normalized spacial score (nSPS) is 12.5. The second-order valence-corrected chi connectivity index (χ2v) is 5.79. The van der Waals surface area contributed by atoms with Crippen LogP contribution in [0.2, 0.25) is 0 Å². The van der Waals surface area contributed by atoms with Gasteiger partial charge in [-0.2, -0.15) is 13.2 Å². The molecule has 0 aliphatic heterocycles. The summed E-state index contributed by atoms with van der Waals surface area (Å²) >= 11 is 0. The minimum Gasteiger partial charge on any atom is -0.264 e. The zero-order valence-electron chi connectivity index (χ0n) is 11.6. The van der Waals surface area contributed by atoms with E-state index in [1.807, 2.05) is 6.07 Å². The van der Waals surface area contributed by atoms with Gasteiger partial charge in [0.15, 0.2) is 0 Å². The molecule has 106 valence electrons. The van der Waals surface area contributed by atoms with Crippen molar-refractivity contribution in [3.63, 3.8) is 0 Å². The average molecular weight is 279 g/mol. The van der Waals surface area contributed by atoms with E-state index >= 15 is 0 Å². The van der Waals surface area contributed by atoms with Gasteiger partial charge in [0.2, 0.25) is 0 Å². The summed E-state index contributed by atoms with van der Waals surface area (Å²) in [4.78, 5) is 4.18. The summed E-state index contributed by atoms with van der Waals surface area (Å²) in [5, 5.41) is 0. The Labute approximate surface area is 116 Å². The van der Waals surface area contributed by atoms with Gasteiger partial charge >= 0.3 is 6.18 Å². The minimum absolute atomic E-state index is 0.0467. The van der Waals surface area contributed by atoms with Gasteiger partial charge in [-0.1, -0.05) is 32.9 Å². The molecule has 2 aromatic rings. The molecular weight excluding hydrogens is 263 g/mol. The third-order valence-corrected chi connectivity index (χ3v) is 3.15. The van der Waals surface area contributed by atoms with Crippen LogP contribution in [-0.2, 0) is 11.6 Å². The average Bonchev–Trinajstić information content (AvgIpc) is 2.37. The van der Waals surface area contributed by atoms with Crippen LogP contribution < -0.4 is 0 Å². The van der Waals surface area contributed by atoms with E-state index in [1.165, 1.54) is 12.1 Å². The van der Waals surface area contributed by atoms with Crippen LogP contribution >= 0.6 is 0 Å². The third-order valence-electron chi connectivity index (χ3n) is 3.15. The second-order valence-electron chi connectivity index (χ2n) is 5.79. The highest BCUT2D eigenvalue weighted by Crippen LogP contribution is 2.31. The Morgan fingerprint density at radius 3 is 1.90 bits per heavy atom. The van der Waals surface area contributed by atoms with E-state index in [9.17, 15) is 13.2 Å². The van der Waals surface area contributed by atoms with E-state index in [2.05, 4.69) is 25.8 Å². The fourth-order valence-electron chi connectivity index (χ4n) is 1.86. The molecule has 0 bridgehead atoms. The molecule has 1 nitrogen and oxygen atoms in total. The minimum atomic E-state index is -4.30. The van der Waals surface area contributed by atoms with Crippen LogP contribution in [0.15, 0.2) is 42.7 Å². The van der Waals surface area contributed by atoms with Gasteiger partial charge in [0.1, 0.15) is 0 Å². The van der Waals surface area contributed by atoms with E-state index < -0.39 is 11.7 Å². The molecule has 1 aromatic heterocycles. The number of halogens is 3. The molecule has 0 saturated heterocycles. The molecule has 2 rings (SSSR count). The van der Waals surface area contributed by atoms with E-state index in [1.54, 1.807) is 12.4 Å².